The summed E-state index contributed by atoms with van der Waals surface area (Å²) in [5, 5.41) is 0. The molecule has 0 aliphatic heterocycles. The van der Waals surface area contributed by atoms with Gasteiger partial charge >= 0.3 is 0 Å². The molecule has 2 aromatic rings. The largest absolute Gasteiger partial charge is 0.293 e. The molecule has 0 fully saturated rings. The van der Waals surface area contributed by atoms with Gasteiger partial charge in [-0.25, -0.2) is 4.39 Å². The molecule has 0 aromatic heterocycles. The number of carbonyl (C=O) groups is 1. The van der Waals surface area contributed by atoms with Crippen molar-refractivity contribution in [3.05, 3.63) is 71.5 Å². The normalized spacial score (nSPS) is 12.1. The zero-order valence-corrected chi connectivity index (χ0v) is 10.3. The Balaban J connectivity index is 2.32. The van der Waals surface area contributed by atoms with Crippen molar-refractivity contribution in [2.45, 2.75) is 19.3 Å². The monoisotopic (exact) mass is 242 g/mol. The summed E-state index contributed by atoms with van der Waals surface area (Å²) in [6.07, 6.45) is 0.708. The molecule has 2 aromatic carbocycles. The van der Waals surface area contributed by atoms with Crippen LogP contribution in [-0.4, -0.2) is 5.78 Å². The Hall–Kier alpha value is -1.96. The molecule has 92 valence electrons. The van der Waals surface area contributed by atoms with Crippen LogP contribution in [0.5, 0.6) is 0 Å². The van der Waals surface area contributed by atoms with E-state index in [2.05, 4.69) is 0 Å². The van der Waals surface area contributed by atoms with E-state index in [0.717, 1.165) is 5.56 Å². The quantitative estimate of drug-likeness (QED) is 0.734. The van der Waals surface area contributed by atoms with Crippen molar-refractivity contribution in [2.24, 2.45) is 0 Å². The number of carbonyl (C=O) groups excluding carboxylic acids is 1. The van der Waals surface area contributed by atoms with Crippen LogP contribution in [0.25, 0.3) is 0 Å². The first-order chi connectivity index (χ1) is 8.72. The zero-order valence-electron chi connectivity index (χ0n) is 10.3. The van der Waals surface area contributed by atoms with Crippen molar-refractivity contribution < 1.29 is 9.18 Å². The molecule has 0 amide bonds. The van der Waals surface area contributed by atoms with Gasteiger partial charge in [-0.3, -0.25) is 4.79 Å². The van der Waals surface area contributed by atoms with E-state index in [0.29, 0.717) is 12.0 Å². The molecule has 0 spiro atoms. The van der Waals surface area contributed by atoms with Gasteiger partial charge in [0.05, 0.1) is 0 Å². The third kappa shape index (κ3) is 2.65. The lowest BCUT2D eigenvalue weighted by Gasteiger charge is -2.14. The first-order valence-electron chi connectivity index (χ1n) is 6.07. The number of Topliss-reactive ketones (excluding diaryl/α,β-unsaturated/α-hetero) is 1. The molecular formula is C16H15FO. The van der Waals surface area contributed by atoms with Gasteiger partial charge in [0.1, 0.15) is 5.82 Å². The molecular weight excluding hydrogens is 227 g/mol. The minimum atomic E-state index is -0.372. The predicted molar refractivity (Wildman–Crippen MR) is 70.2 cm³/mol. The van der Waals surface area contributed by atoms with Crippen LogP contribution in [0.1, 0.15) is 35.2 Å². The van der Waals surface area contributed by atoms with Crippen LogP contribution in [0.2, 0.25) is 0 Å². The highest BCUT2D eigenvalue weighted by Crippen LogP contribution is 2.24. The van der Waals surface area contributed by atoms with Crippen molar-refractivity contribution in [3.8, 4) is 0 Å². The standard InChI is InChI=1S/C16H15FO/c1-2-15(12-7-4-3-5-8-12)16(18)13-9-6-10-14(17)11-13/h3-11,15H,2H2,1H3. The van der Waals surface area contributed by atoms with E-state index in [1.165, 1.54) is 12.1 Å². The van der Waals surface area contributed by atoms with Gasteiger partial charge in [-0.1, -0.05) is 49.4 Å². The summed E-state index contributed by atoms with van der Waals surface area (Å²) in [5.41, 5.74) is 1.42. The van der Waals surface area contributed by atoms with Gasteiger partial charge in [0, 0.05) is 11.5 Å². The summed E-state index contributed by atoms with van der Waals surface area (Å²) in [5.74, 6) is -0.597. The first kappa shape index (κ1) is 12.5. The summed E-state index contributed by atoms with van der Waals surface area (Å²) in [6, 6.07) is 15.5. The molecule has 2 heteroatoms. The van der Waals surface area contributed by atoms with Gasteiger partial charge in [0.2, 0.25) is 0 Å². The zero-order chi connectivity index (χ0) is 13.0. The SMILES string of the molecule is CCC(C(=O)c1cccc(F)c1)c1ccccc1. The highest BCUT2D eigenvalue weighted by molar-refractivity contribution is 6.00. The van der Waals surface area contributed by atoms with E-state index in [1.807, 2.05) is 37.3 Å². The van der Waals surface area contributed by atoms with E-state index in [4.69, 9.17) is 0 Å². The van der Waals surface area contributed by atoms with Crippen LogP contribution in [0.4, 0.5) is 4.39 Å². The van der Waals surface area contributed by atoms with Crippen molar-refractivity contribution in [3.63, 3.8) is 0 Å². The van der Waals surface area contributed by atoms with E-state index in [-0.39, 0.29) is 17.5 Å². The fraction of sp³-hybridized carbons (Fsp3) is 0.188. The van der Waals surface area contributed by atoms with Gasteiger partial charge in [-0.05, 0) is 24.1 Å². The van der Waals surface area contributed by atoms with Crippen molar-refractivity contribution in [2.75, 3.05) is 0 Å². The van der Waals surface area contributed by atoms with E-state index >= 15 is 0 Å². The smallest absolute Gasteiger partial charge is 0.170 e. The third-order valence-electron chi connectivity index (χ3n) is 3.04. The Labute approximate surface area is 106 Å². The molecule has 0 saturated heterocycles. The van der Waals surface area contributed by atoms with E-state index < -0.39 is 0 Å². The van der Waals surface area contributed by atoms with Crippen molar-refractivity contribution >= 4 is 5.78 Å². The van der Waals surface area contributed by atoms with Crippen molar-refractivity contribution in [1.82, 2.24) is 0 Å². The molecule has 0 aliphatic rings. The number of rotatable bonds is 4. The summed E-state index contributed by atoms with van der Waals surface area (Å²) >= 11 is 0. The topological polar surface area (TPSA) is 17.1 Å². The maximum Gasteiger partial charge on any atom is 0.170 e. The Bertz CT molecular complexity index is 534. The minimum Gasteiger partial charge on any atom is -0.293 e. The highest BCUT2D eigenvalue weighted by Gasteiger charge is 2.20. The molecule has 1 nitrogen and oxygen atoms in total. The van der Waals surface area contributed by atoms with Gasteiger partial charge in [-0.15, -0.1) is 0 Å². The van der Waals surface area contributed by atoms with E-state index in [9.17, 15) is 9.18 Å². The van der Waals surface area contributed by atoms with Crippen molar-refractivity contribution in [1.29, 1.82) is 0 Å². The number of benzene rings is 2. The van der Waals surface area contributed by atoms with Gasteiger partial charge in [0.25, 0.3) is 0 Å². The van der Waals surface area contributed by atoms with Crippen LogP contribution >= 0.6 is 0 Å². The minimum absolute atomic E-state index is 0.0248. The van der Waals surface area contributed by atoms with Gasteiger partial charge in [0.15, 0.2) is 5.78 Å². The lowest BCUT2D eigenvalue weighted by atomic mass is 9.89. The first-order valence-corrected chi connectivity index (χ1v) is 6.07. The van der Waals surface area contributed by atoms with Crippen LogP contribution in [0.15, 0.2) is 54.6 Å². The summed E-state index contributed by atoms with van der Waals surface area (Å²) < 4.78 is 13.1. The molecule has 0 bridgehead atoms. The van der Waals surface area contributed by atoms with Crippen LogP contribution in [0.3, 0.4) is 0 Å². The molecule has 0 heterocycles. The second-order valence-corrected chi connectivity index (χ2v) is 4.25. The van der Waals surface area contributed by atoms with Crippen LogP contribution in [-0.2, 0) is 0 Å². The number of halogens is 1. The Kier molecular flexibility index (Phi) is 3.88. The molecule has 1 unspecified atom stereocenters. The molecule has 2 rings (SSSR count). The highest BCUT2D eigenvalue weighted by atomic mass is 19.1. The summed E-state index contributed by atoms with van der Waals surface area (Å²) in [7, 11) is 0. The molecule has 0 radical (unpaired) electrons. The molecule has 0 N–H and O–H groups in total. The maximum absolute atomic E-state index is 13.1. The average molecular weight is 242 g/mol. The van der Waals surface area contributed by atoms with Gasteiger partial charge < -0.3 is 0 Å². The lowest BCUT2D eigenvalue weighted by Crippen LogP contribution is -2.12. The summed E-state index contributed by atoms with van der Waals surface area (Å²) in [6.45, 7) is 1.97. The maximum atomic E-state index is 13.1. The fourth-order valence-electron chi connectivity index (χ4n) is 2.10. The van der Waals surface area contributed by atoms with Crippen LogP contribution < -0.4 is 0 Å². The Morgan fingerprint density at radius 1 is 1.11 bits per heavy atom. The summed E-state index contributed by atoms with van der Waals surface area (Å²) in [4.78, 5) is 12.4. The van der Waals surface area contributed by atoms with Gasteiger partial charge in [-0.2, -0.15) is 0 Å². The Morgan fingerprint density at radius 2 is 1.83 bits per heavy atom. The fourth-order valence-corrected chi connectivity index (χ4v) is 2.10. The molecule has 0 aliphatic carbocycles. The second-order valence-electron chi connectivity index (χ2n) is 4.25. The number of hydrogen-bond donors (Lipinski definition) is 0. The predicted octanol–water partition coefficient (Wildman–Crippen LogP) is 4.20. The Morgan fingerprint density at radius 3 is 2.44 bits per heavy atom. The molecule has 18 heavy (non-hydrogen) atoms. The molecule has 1 atom stereocenters. The van der Waals surface area contributed by atoms with E-state index in [1.54, 1.807) is 12.1 Å². The second kappa shape index (κ2) is 5.58. The van der Waals surface area contributed by atoms with Crippen LogP contribution in [0, 0.1) is 5.82 Å². The molecule has 0 saturated carbocycles. The lowest BCUT2D eigenvalue weighted by molar-refractivity contribution is 0.0957. The number of hydrogen-bond acceptors (Lipinski definition) is 1. The average Bonchev–Trinajstić information content (AvgIpc) is 2.41. The third-order valence-corrected chi connectivity index (χ3v) is 3.04. The number of ketones is 1.